The van der Waals surface area contributed by atoms with Crippen LogP contribution in [0.2, 0.25) is 0 Å². The highest BCUT2D eigenvalue weighted by Gasteiger charge is 2.44. The van der Waals surface area contributed by atoms with Crippen LogP contribution in [0.5, 0.6) is 11.5 Å². The Kier molecular flexibility index (Phi) is 8.35. The molecule has 6 N–H and O–H groups in total. The molecule has 1 heterocycles. The van der Waals surface area contributed by atoms with Crippen molar-refractivity contribution in [1.82, 2.24) is 0 Å². The molecule has 6 atom stereocenters. The van der Waals surface area contributed by atoms with E-state index in [9.17, 15) is 35.4 Å². The van der Waals surface area contributed by atoms with Gasteiger partial charge < -0.3 is 44.8 Å². The molecule has 1 fully saturated rings. The monoisotopic (exact) mass is 426 g/mol. The summed E-state index contributed by atoms with van der Waals surface area (Å²) in [5, 5.41) is 58.4. The van der Waals surface area contributed by atoms with Crippen LogP contribution in [-0.4, -0.2) is 86.6 Å². The fourth-order valence-corrected chi connectivity index (χ4v) is 2.54. The van der Waals surface area contributed by atoms with Crippen molar-refractivity contribution in [3.63, 3.8) is 0 Å². The summed E-state index contributed by atoms with van der Waals surface area (Å²) in [5.74, 6) is -1.44. The highest BCUT2D eigenvalue weighted by atomic mass is 16.7. The van der Waals surface area contributed by atoms with Crippen LogP contribution in [0.15, 0.2) is 36.4 Å². The lowest BCUT2D eigenvalue weighted by molar-refractivity contribution is -0.304. The van der Waals surface area contributed by atoms with E-state index in [4.69, 9.17) is 14.2 Å². The van der Waals surface area contributed by atoms with Crippen molar-refractivity contribution in [2.75, 3.05) is 13.2 Å². The lowest BCUT2D eigenvalue weighted by Crippen LogP contribution is -2.59. The summed E-state index contributed by atoms with van der Waals surface area (Å²) in [6.07, 6.45) is -5.91. The predicted molar refractivity (Wildman–Crippen MR) is 103 cm³/mol. The van der Waals surface area contributed by atoms with Crippen molar-refractivity contribution in [3.8, 4) is 11.5 Å². The van der Waals surface area contributed by atoms with Gasteiger partial charge in [0.2, 0.25) is 0 Å². The summed E-state index contributed by atoms with van der Waals surface area (Å²) in [7, 11) is 0. The number of carbonyl (C=O) groups is 1. The summed E-state index contributed by atoms with van der Waals surface area (Å²) in [6.45, 7) is 4.45. The fraction of sp³-hybridized carbons (Fsp3) is 0.450. The number of esters is 1. The molecular formula is C20H26O10. The first-order valence-electron chi connectivity index (χ1n) is 9.11. The molecular weight excluding hydrogens is 400 g/mol. The van der Waals surface area contributed by atoms with Gasteiger partial charge in [-0.05, 0) is 36.3 Å². The normalized spacial score (nSPS) is 27.7. The van der Waals surface area contributed by atoms with Gasteiger partial charge in [-0.1, -0.05) is 12.6 Å². The zero-order chi connectivity index (χ0) is 22.4. The van der Waals surface area contributed by atoms with Gasteiger partial charge >= 0.3 is 5.97 Å². The first-order chi connectivity index (χ1) is 14.1. The molecule has 0 aliphatic carbocycles. The molecule has 0 spiro atoms. The Hall–Kier alpha value is -2.47. The van der Waals surface area contributed by atoms with Crippen LogP contribution >= 0.6 is 0 Å². The number of rotatable bonds is 8. The molecule has 1 aliphatic heterocycles. The maximum atomic E-state index is 11.9. The van der Waals surface area contributed by atoms with Crippen LogP contribution in [0.25, 0.3) is 6.08 Å². The molecule has 0 amide bonds. The summed E-state index contributed by atoms with van der Waals surface area (Å²) in [6, 6.07) is 3.96. The van der Waals surface area contributed by atoms with Gasteiger partial charge in [0, 0.05) is 6.08 Å². The molecule has 10 heteroatoms. The Morgan fingerprint density at radius 2 is 1.90 bits per heavy atom. The molecule has 0 bridgehead atoms. The summed E-state index contributed by atoms with van der Waals surface area (Å²) >= 11 is 0. The lowest BCUT2D eigenvalue weighted by Gasteiger charge is -2.40. The van der Waals surface area contributed by atoms with Crippen molar-refractivity contribution in [1.29, 1.82) is 0 Å². The van der Waals surface area contributed by atoms with Crippen LogP contribution in [0.4, 0.5) is 0 Å². The van der Waals surface area contributed by atoms with Gasteiger partial charge in [-0.25, -0.2) is 4.79 Å². The van der Waals surface area contributed by atoms with E-state index in [1.54, 1.807) is 6.92 Å². The molecule has 30 heavy (non-hydrogen) atoms. The minimum absolute atomic E-state index is 0.255. The van der Waals surface area contributed by atoms with E-state index < -0.39 is 49.4 Å². The summed E-state index contributed by atoms with van der Waals surface area (Å²) < 4.78 is 15.6. The quantitative estimate of drug-likeness (QED) is 0.137. The molecule has 10 nitrogen and oxygen atoms in total. The fourth-order valence-electron chi connectivity index (χ4n) is 2.54. The van der Waals surface area contributed by atoms with Gasteiger partial charge in [-0.2, -0.15) is 0 Å². The molecule has 0 saturated carbocycles. The zero-order valence-corrected chi connectivity index (χ0v) is 16.3. The number of phenolic OH excluding ortho intramolecular Hbond substituents is 2. The number of benzene rings is 1. The van der Waals surface area contributed by atoms with E-state index in [1.165, 1.54) is 24.3 Å². The SMILES string of the molecule is C=C(C)[C@H](O)CO[C@@H]1O[C@H](COC(=O)/C=C/c2ccc(O)c(O)c2)[C@@H](O)[C@H](O)[C@H]1O. The minimum atomic E-state index is -1.62. The average molecular weight is 426 g/mol. The zero-order valence-electron chi connectivity index (χ0n) is 16.3. The molecule has 166 valence electrons. The van der Waals surface area contributed by atoms with E-state index in [0.29, 0.717) is 11.1 Å². The smallest absolute Gasteiger partial charge is 0.330 e. The summed E-state index contributed by atoms with van der Waals surface area (Å²) in [5.41, 5.74) is 0.861. The van der Waals surface area contributed by atoms with Crippen LogP contribution in [0, 0.1) is 0 Å². The van der Waals surface area contributed by atoms with Crippen molar-refractivity contribution in [2.45, 2.75) is 43.7 Å². The van der Waals surface area contributed by atoms with Crippen molar-refractivity contribution >= 4 is 12.0 Å². The number of ether oxygens (including phenoxy) is 3. The summed E-state index contributed by atoms with van der Waals surface area (Å²) in [4.78, 5) is 11.9. The Morgan fingerprint density at radius 1 is 1.20 bits per heavy atom. The average Bonchev–Trinajstić information content (AvgIpc) is 2.71. The Morgan fingerprint density at radius 3 is 2.53 bits per heavy atom. The minimum Gasteiger partial charge on any atom is -0.504 e. The van der Waals surface area contributed by atoms with Crippen molar-refractivity contribution < 1.29 is 49.6 Å². The molecule has 1 aliphatic rings. The topological polar surface area (TPSA) is 166 Å². The lowest BCUT2D eigenvalue weighted by atomic mass is 9.99. The molecule has 0 unspecified atom stereocenters. The molecule has 0 radical (unpaired) electrons. The second-order valence-electron chi connectivity index (χ2n) is 6.92. The Labute approximate surface area is 172 Å². The highest BCUT2D eigenvalue weighted by molar-refractivity contribution is 5.87. The first-order valence-corrected chi connectivity index (χ1v) is 9.11. The van der Waals surface area contributed by atoms with E-state index in [2.05, 4.69) is 6.58 Å². The second kappa shape index (κ2) is 10.5. The standard InChI is InChI=1S/C20H26O10/c1-10(2)14(23)8-29-20-19(27)18(26)17(25)15(30-20)9-28-16(24)6-4-11-3-5-12(21)13(22)7-11/h3-7,14-15,17-23,25-27H,1,8-9H2,2H3/b6-4+/t14-,15-,17-,18+,19-,20-/m1/s1. The number of hydrogen-bond donors (Lipinski definition) is 6. The molecule has 1 saturated heterocycles. The van der Waals surface area contributed by atoms with Crippen LogP contribution in [0.1, 0.15) is 12.5 Å². The van der Waals surface area contributed by atoms with Gasteiger partial charge in [0.15, 0.2) is 17.8 Å². The van der Waals surface area contributed by atoms with Crippen molar-refractivity contribution in [2.24, 2.45) is 0 Å². The van der Waals surface area contributed by atoms with E-state index >= 15 is 0 Å². The third kappa shape index (κ3) is 6.26. The third-order valence-corrected chi connectivity index (χ3v) is 4.46. The molecule has 0 aromatic heterocycles. The van der Waals surface area contributed by atoms with E-state index in [0.717, 1.165) is 6.08 Å². The highest BCUT2D eigenvalue weighted by Crippen LogP contribution is 2.25. The van der Waals surface area contributed by atoms with Gasteiger partial charge in [0.1, 0.15) is 31.0 Å². The number of aliphatic hydroxyl groups excluding tert-OH is 4. The Balaban J connectivity index is 1.91. The molecule has 2 rings (SSSR count). The number of phenols is 2. The second-order valence-corrected chi connectivity index (χ2v) is 6.92. The maximum absolute atomic E-state index is 11.9. The van der Waals surface area contributed by atoms with Crippen LogP contribution in [-0.2, 0) is 19.0 Å². The van der Waals surface area contributed by atoms with E-state index in [1.807, 2.05) is 0 Å². The Bertz CT molecular complexity index is 777. The van der Waals surface area contributed by atoms with E-state index in [-0.39, 0.29) is 18.1 Å². The van der Waals surface area contributed by atoms with Crippen molar-refractivity contribution in [3.05, 3.63) is 42.0 Å². The molecule has 1 aromatic rings. The van der Waals surface area contributed by atoms with Gasteiger partial charge in [-0.3, -0.25) is 0 Å². The third-order valence-electron chi connectivity index (χ3n) is 4.46. The maximum Gasteiger partial charge on any atom is 0.330 e. The first kappa shape index (κ1) is 23.8. The molecule has 1 aromatic carbocycles. The largest absolute Gasteiger partial charge is 0.504 e. The predicted octanol–water partition coefficient (Wildman–Crippen LogP) is -0.585. The van der Waals surface area contributed by atoms with Crippen LogP contribution < -0.4 is 0 Å². The van der Waals surface area contributed by atoms with Gasteiger partial charge in [0.05, 0.1) is 12.7 Å². The number of aliphatic hydroxyl groups is 4. The number of aromatic hydroxyl groups is 2. The number of hydrogen-bond acceptors (Lipinski definition) is 10. The van der Waals surface area contributed by atoms with Gasteiger partial charge in [0.25, 0.3) is 0 Å². The van der Waals surface area contributed by atoms with Gasteiger partial charge in [-0.15, -0.1) is 0 Å². The van der Waals surface area contributed by atoms with Crippen LogP contribution in [0.3, 0.4) is 0 Å². The number of carbonyl (C=O) groups excluding carboxylic acids is 1.